The van der Waals surface area contributed by atoms with Gasteiger partial charge in [0, 0.05) is 31.5 Å². The maximum atomic E-state index is 4.11. The fourth-order valence-electron chi connectivity index (χ4n) is 4.39. The second kappa shape index (κ2) is 8.09. The fourth-order valence-corrected chi connectivity index (χ4v) is 4.39. The van der Waals surface area contributed by atoms with Crippen LogP contribution in [-0.4, -0.2) is 35.6 Å². The predicted molar refractivity (Wildman–Crippen MR) is 101 cm³/mol. The number of likely N-dealkylation sites (tertiary alicyclic amines) is 1. The molecule has 0 radical (unpaired) electrons. The Labute approximate surface area is 150 Å². The minimum atomic E-state index is 0.600. The summed E-state index contributed by atoms with van der Waals surface area (Å²) in [5.74, 6) is 1.47. The summed E-state index contributed by atoms with van der Waals surface area (Å²) in [4.78, 5) is 6.70. The molecule has 1 aromatic heterocycles. The van der Waals surface area contributed by atoms with E-state index in [1.165, 1.54) is 43.5 Å². The van der Waals surface area contributed by atoms with Crippen molar-refractivity contribution in [3.8, 4) is 0 Å². The molecule has 0 spiro atoms. The molecule has 3 heterocycles. The lowest BCUT2D eigenvalue weighted by Crippen LogP contribution is -2.44. The van der Waals surface area contributed by atoms with Crippen molar-refractivity contribution in [2.24, 2.45) is 11.8 Å². The zero-order valence-corrected chi connectivity index (χ0v) is 14.8. The van der Waals surface area contributed by atoms with Gasteiger partial charge in [0.1, 0.15) is 0 Å². The third kappa shape index (κ3) is 4.27. The van der Waals surface area contributed by atoms with Crippen LogP contribution < -0.4 is 10.9 Å². The van der Waals surface area contributed by atoms with E-state index in [1.54, 1.807) is 0 Å². The van der Waals surface area contributed by atoms with Crippen LogP contribution in [0, 0.1) is 11.8 Å². The smallest absolute Gasteiger partial charge is 0.0286 e. The van der Waals surface area contributed by atoms with Gasteiger partial charge in [-0.25, -0.2) is 0 Å². The minimum absolute atomic E-state index is 0.600. The van der Waals surface area contributed by atoms with E-state index in [4.69, 9.17) is 0 Å². The minimum Gasteiger partial charge on any atom is -0.299 e. The van der Waals surface area contributed by atoms with Crippen LogP contribution in [0.3, 0.4) is 0 Å². The van der Waals surface area contributed by atoms with E-state index in [2.05, 4.69) is 63.2 Å². The Kier molecular flexibility index (Phi) is 5.40. The molecule has 2 N–H and O–H groups in total. The van der Waals surface area contributed by atoms with E-state index in [0.717, 1.165) is 19.0 Å². The molecule has 2 aliphatic heterocycles. The Hall–Kier alpha value is -1.75. The van der Waals surface area contributed by atoms with Gasteiger partial charge >= 0.3 is 0 Å². The van der Waals surface area contributed by atoms with Crippen LogP contribution in [0.1, 0.15) is 24.0 Å². The van der Waals surface area contributed by atoms with Gasteiger partial charge in [-0.3, -0.25) is 20.7 Å². The topological polar surface area (TPSA) is 40.2 Å². The fraction of sp³-hybridized carbons (Fsp3) is 0.476. The molecule has 25 heavy (non-hydrogen) atoms. The number of nitrogens with zero attached hydrogens (tertiary/aromatic N) is 2. The molecule has 1 aromatic carbocycles. The Balaban J connectivity index is 1.30. The molecule has 2 unspecified atom stereocenters. The lowest BCUT2D eigenvalue weighted by Gasteiger charge is -2.36. The van der Waals surface area contributed by atoms with E-state index < -0.39 is 0 Å². The van der Waals surface area contributed by atoms with Gasteiger partial charge in [-0.1, -0.05) is 30.3 Å². The normalized spacial score (nSPS) is 25.3. The van der Waals surface area contributed by atoms with Gasteiger partial charge in [0.25, 0.3) is 0 Å². The highest BCUT2D eigenvalue weighted by Gasteiger charge is 2.35. The van der Waals surface area contributed by atoms with Gasteiger partial charge in [-0.15, -0.1) is 0 Å². The van der Waals surface area contributed by atoms with Crippen molar-refractivity contribution in [2.75, 3.05) is 19.6 Å². The Morgan fingerprint density at radius 2 is 1.72 bits per heavy atom. The number of hydrogen-bond donors (Lipinski definition) is 2. The Morgan fingerprint density at radius 3 is 2.48 bits per heavy atom. The molecule has 132 valence electrons. The zero-order valence-electron chi connectivity index (χ0n) is 14.8. The van der Waals surface area contributed by atoms with Crippen LogP contribution in [-0.2, 0) is 13.0 Å². The number of nitrogens with one attached hydrogen (secondary N) is 2. The van der Waals surface area contributed by atoms with Crippen molar-refractivity contribution in [2.45, 2.75) is 31.8 Å². The van der Waals surface area contributed by atoms with Crippen LogP contribution in [0.4, 0.5) is 0 Å². The molecular formula is C21H28N4. The molecule has 0 bridgehead atoms. The standard InChI is InChI=1S/C21H28N4/c1-2-4-17(5-3-1)14-20-15-23-24-21(20)19-8-12-25(13-9-19)16-18-6-10-22-11-7-18/h1-7,10-11,19-21,23-24H,8-9,12-16H2. The van der Waals surface area contributed by atoms with Crippen LogP contribution in [0.2, 0.25) is 0 Å². The molecule has 2 atom stereocenters. The van der Waals surface area contributed by atoms with Crippen molar-refractivity contribution in [3.63, 3.8) is 0 Å². The molecule has 0 amide bonds. The van der Waals surface area contributed by atoms with E-state index in [0.29, 0.717) is 12.0 Å². The first-order valence-electron chi connectivity index (χ1n) is 9.52. The Morgan fingerprint density at radius 1 is 0.960 bits per heavy atom. The van der Waals surface area contributed by atoms with Crippen LogP contribution in [0.5, 0.6) is 0 Å². The lowest BCUT2D eigenvalue weighted by molar-refractivity contribution is 0.144. The maximum Gasteiger partial charge on any atom is 0.0286 e. The SMILES string of the molecule is c1ccc(CC2CNNC2C2CCN(Cc3ccncc3)CC2)cc1. The van der Waals surface area contributed by atoms with Gasteiger partial charge in [0.05, 0.1) is 0 Å². The summed E-state index contributed by atoms with van der Waals surface area (Å²) in [6, 6.07) is 15.8. The molecule has 4 rings (SSSR count). The number of piperidine rings is 1. The van der Waals surface area contributed by atoms with Gasteiger partial charge < -0.3 is 0 Å². The highest BCUT2D eigenvalue weighted by molar-refractivity contribution is 5.16. The van der Waals surface area contributed by atoms with Gasteiger partial charge in [-0.2, -0.15) is 0 Å². The highest BCUT2D eigenvalue weighted by atomic mass is 15.4. The molecule has 2 aliphatic rings. The van der Waals surface area contributed by atoms with Gasteiger partial charge in [0.15, 0.2) is 0 Å². The first kappa shape index (κ1) is 16.7. The monoisotopic (exact) mass is 336 g/mol. The summed E-state index contributed by atoms with van der Waals surface area (Å²) < 4.78 is 0. The quantitative estimate of drug-likeness (QED) is 0.881. The number of rotatable bonds is 5. The predicted octanol–water partition coefficient (Wildman–Crippen LogP) is 2.63. The highest BCUT2D eigenvalue weighted by Crippen LogP contribution is 2.29. The maximum absolute atomic E-state index is 4.11. The average molecular weight is 336 g/mol. The molecule has 2 fully saturated rings. The van der Waals surface area contributed by atoms with Crippen LogP contribution >= 0.6 is 0 Å². The molecule has 2 saturated heterocycles. The second-order valence-electron chi connectivity index (χ2n) is 7.47. The first-order chi connectivity index (χ1) is 12.4. The first-order valence-corrected chi connectivity index (χ1v) is 9.52. The average Bonchev–Trinajstić information content (AvgIpc) is 3.12. The molecule has 4 heteroatoms. The number of hydrogen-bond acceptors (Lipinski definition) is 4. The van der Waals surface area contributed by atoms with Crippen molar-refractivity contribution < 1.29 is 0 Å². The number of benzene rings is 1. The third-order valence-electron chi connectivity index (χ3n) is 5.78. The summed E-state index contributed by atoms with van der Waals surface area (Å²) in [5.41, 5.74) is 9.83. The summed E-state index contributed by atoms with van der Waals surface area (Å²) in [7, 11) is 0. The van der Waals surface area contributed by atoms with Crippen molar-refractivity contribution in [1.82, 2.24) is 20.7 Å². The summed E-state index contributed by atoms with van der Waals surface area (Å²) in [6.07, 6.45) is 7.53. The van der Waals surface area contributed by atoms with Crippen LogP contribution in [0.25, 0.3) is 0 Å². The van der Waals surface area contributed by atoms with E-state index >= 15 is 0 Å². The molecule has 0 aliphatic carbocycles. The molecule has 2 aromatic rings. The number of pyridine rings is 1. The molecule has 0 saturated carbocycles. The van der Waals surface area contributed by atoms with Crippen molar-refractivity contribution in [1.29, 1.82) is 0 Å². The van der Waals surface area contributed by atoms with Crippen molar-refractivity contribution >= 4 is 0 Å². The van der Waals surface area contributed by atoms with Crippen molar-refractivity contribution in [3.05, 3.63) is 66.0 Å². The summed E-state index contributed by atoms with van der Waals surface area (Å²) in [5, 5.41) is 0. The van der Waals surface area contributed by atoms with E-state index in [9.17, 15) is 0 Å². The largest absolute Gasteiger partial charge is 0.299 e. The lowest BCUT2D eigenvalue weighted by atomic mass is 9.81. The summed E-state index contributed by atoms with van der Waals surface area (Å²) >= 11 is 0. The summed E-state index contributed by atoms with van der Waals surface area (Å²) in [6.45, 7) is 4.53. The third-order valence-corrected chi connectivity index (χ3v) is 5.78. The van der Waals surface area contributed by atoms with Gasteiger partial charge in [0.2, 0.25) is 0 Å². The number of aromatic nitrogens is 1. The van der Waals surface area contributed by atoms with E-state index in [-0.39, 0.29) is 0 Å². The van der Waals surface area contributed by atoms with E-state index in [1.807, 2.05) is 12.4 Å². The van der Waals surface area contributed by atoms with Crippen LogP contribution in [0.15, 0.2) is 54.9 Å². The molecular weight excluding hydrogens is 308 g/mol. The Bertz CT molecular complexity index is 637. The zero-order chi connectivity index (χ0) is 16.9. The van der Waals surface area contributed by atoms with Gasteiger partial charge in [-0.05, 0) is 67.4 Å². The molecule has 4 nitrogen and oxygen atoms in total. The number of hydrazine groups is 1. The second-order valence-corrected chi connectivity index (χ2v) is 7.47.